The van der Waals surface area contributed by atoms with Crippen LogP contribution in [0.15, 0.2) is 30.5 Å². The number of sulfonamides is 1. The van der Waals surface area contributed by atoms with Crippen molar-refractivity contribution in [3.05, 3.63) is 51.9 Å². The molecular weight excluding hydrogens is 342 g/mol. The van der Waals surface area contributed by atoms with Gasteiger partial charge in [-0.15, -0.1) is 0 Å². The van der Waals surface area contributed by atoms with Gasteiger partial charge in [0.05, 0.1) is 10.8 Å². The molecule has 1 aromatic carbocycles. The summed E-state index contributed by atoms with van der Waals surface area (Å²) in [6.07, 6.45) is 1.17. The van der Waals surface area contributed by atoms with Crippen molar-refractivity contribution in [2.24, 2.45) is 0 Å². The molecule has 112 valence electrons. The molecule has 1 heterocycles. The summed E-state index contributed by atoms with van der Waals surface area (Å²) in [7, 11) is -3.98. The van der Waals surface area contributed by atoms with E-state index in [1.54, 1.807) is 0 Å². The van der Waals surface area contributed by atoms with Crippen LogP contribution in [0.25, 0.3) is 0 Å². The van der Waals surface area contributed by atoms with Gasteiger partial charge in [0.2, 0.25) is 10.0 Å². The van der Waals surface area contributed by atoms with Gasteiger partial charge in [0.15, 0.2) is 11.6 Å². The Morgan fingerprint density at radius 3 is 2.62 bits per heavy atom. The number of aromatic nitrogens is 1. The molecule has 0 saturated carbocycles. The highest BCUT2D eigenvalue weighted by Crippen LogP contribution is 2.25. The Hall–Kier alpha value is -1.57. The van der Waals surface area contributed by atoms with Crippen molar-refractivity contribution in [2.45, 2.75) is 5.75 Å². The molecule has 0 amide bonds. The largest absolute Gasteiger partial charge is 0.504 e. The molecule has 0 aliphatic heterocycles. The molecule has 0 saturated heterocycles. The molecule has 0 aliphatic rings. The molecule has 9 heteroatoms. The van der Waals surface area contributed by atoms with Crippen molar-refractivity contribution in [1.29, 1.82) is 0 Å². The van der Waals surface area contributed by atoms with Gasteiger partial charge in [-0.3, -0.25) is 4.72 Å². The van der Waals surface area contributed by atoms with Gasteiger partial charge in [0, 0.05) is 22.8 Å². The summed E-state index contributed by atoms with van der Waals surface area (Å²) in [5, 5.41) is 9.92. The minimum Gasteiger partial charge on any atom is -0.504 e. The zero-order chi connectivity index (χ0) is 15.6. The van der Waals surface area contributed by atoms with Gasteiger partial charge in [-0.25, -0.2) is 17.8 Å². The minimum atomic E-state index is -3.98. The van der Waals surface area contributed by atoms with Crippen LogP contribution in [0, 0.1) is 5.82 Å². The van der Waals surface area contributed by atoms with Crippen molar-refractivity contribution >= 4 is 39.0 Å². The predicted molar refractivity (Wildman–Crippen MR) is 78.6 cm³/mol. The first-order chi connectivity index (χ1) is 9.77. The molecule has 0 bridgehead atoms. The Morgan fingerprint density at radius 2 is 1.95 bits per heavy atom. The summed E-state index contributed by atoms with van der Waals surface area (Å²) in [6, 6.07) is 4.73. The third-order valence-electron chi connectivity index (χ3n) is 2.44. The van der Waals surface area contributed by atoms with Gasteiger partial charge in [-0.1, -0.05) is 23.2 Å². The van der Waals surface area contributed by atoms with E-state index in [0.29, 0.717) is 0 Å². The van der Waals surface area contributed by atoms with Crippen LogP contribution < -0.4 is 4.72 Å². The Morgan fingerprint density at radius 1 is 1.24 bits per heavy atom. The maximum atomic E-state index is 13.5. The van der Waals surface area contributed by atoms with Crippen LogP contribution in [0.2, 0.25) is 10.0 Å². The number of aromatic hydroxyl groups is 1. The van der Waals surface area contributed by atoms with Gasteiger partial charge < -0.3 is 5.11 Å². The van der Waals surface area contributed by atoms with Gasteiger partial charge in [-0.05, 0) is 18.2 Å². The molecule has 0 aliphatic carbocycles. The van der Waals surface area contributed by atoms with Crippen LogP contribution in [0.1, 0.15) is 5.56 Å². The fraction of sp³-hybridized carbons (Fsp3) is 0.0833. The standard InChI is InChI=1S/C12H9Cl2FN2O3S/c13-8-1-2-10(15)7(3-8)6-21(19,20)17-12-11(18)4-9(14)5-16-12/h1-5,18H,6H2,(H,16,17). The normalized spacial score (nSPS) is 11.4. The smallest absolute Gasteiger partial charge is 0.238 e. The van der Waals surface area contributed by atoms with Crippen LogP contribution >= 0.6 is 23.2 Å². The van der Waals surface area contributed by atoms with Crippen molar-refractivity contribution < 1.29 is 17.9 Å². The number of halogens is 3. The molecule has 0 atom stereocenters. The zero-order valence-corrected chi connectivity index (χ0v) is 12.7. The summed E-state index contributed by atoms with van der Waals surface area (Å²) in [4.78, 5) is 3.65. The molecule has 0 fully saturated rings. The van der Waals surface area contributed by atoms with E-state index in [4.69, 9.17) is 23.2 Å². The maximum absolute atomic E-state index is 13.5. The number of nitrogens with one attached hydrogen (secondary N) is 1. The first-order valence-corrected chi connectivity index (χ1v) is 7.96. The molecule has 1 aromatic heterocycles. The first kappa shape index (κ1) is 15.8. The monoisotopic (exact) mass is 350 g/mol. The van der Waals surface area contributed by atoms with Crippen LogP contribution in [0.3, 0.4) is 0 Å². The number of nitrogens with zero attached hydrogens (tertiary/aromatic N) is 1. The highest BCUT2D eigenvalue weighted by atomic mass is 35.5. The summed E-state index contributed by atoms with van der Waals surface area (Å²) in [5.41, 5.74) is -0.0940. The van der Waals surface area contributed by atoms with Crippen LogP contribution in [0.5, 0.6) is 5.75 Å². The molecule has 21 heavy (non-hydrogen) atoms. The Kier molecular flexibility index (Phi) is 4.55. The molecule has 2 aromatic rings. The lowest BCUT2D eigenvalue weighted by atomic mass is 10.2. The molecule has 2 rings (SSSR count). The lowest BCUT2D eigenvalue weighted by Crippen LogP contribution is -2.16. The molecule has 5 nitrogen and oxygen atoms in total. The average Bonchev–Trinajstić information content (AvgIpc) is 2.37. The number of hydrogen-bond acceptors (Lipinski definition) is 4. The summed E-state index contributed by atoms with van der Waals surface area (Å²) < 4.78 is 39.5. The quantitative estimate of drug-likeness (QED) is 0.887. The van der Waals surface area contributed by atoms with E-state index in [1.165, 1.54) is 18.3 Å². The number of benzene rings is 1. The molecular formula is C12H9Cl2FN2O3S. The van der Waals surface area contributed by atoms with Crippen LogP contribution in [-0.4, -0.2) is 18.5 Å². The van der Waals surface area contributed by atoms with Crippen LogP contribution in [0.4, 0.5) is 10.2 Å². The SMILES string of the molecule is O=S(=O)(Cc1cc(Cl)ccc1F)Nc1ncc(Cl)cc1O. The Balaban J connectivity index is 2.24. The second-order valence-corrected chi connectivity index (χ2v) is 6.71. The lowest BCUT2D eigenvalue weighted by Gasteiger charge is -2.09. The summed E-state index contributed by atoms with van der Waals surface area (Å²) in [6.45, 7) is 0. The second-order valence-electron chi connectivity index (χ2n) is 4.12. The van der Waals surface area contributed by atoms with Crippen molar-refractivity contribution in [2.75, 3.05) is 4.72 Å². The molecule has 2 N–H and O–H groups in total. The van der Waals surface area contributed by atoms with E-state index in [-0.39, 0.29) is 21.4 Å². The fourth-order valence-corrected chi connectivity index (χ4v) is 3.05. The zero-order valence-electron chi connectivity index (χ0n) is 10.3. The number of hydrogen-bond donors (Lipinski definition) is 2. The van der Waals surface area contributed by atoms with Gasteiger partial charge in [0.1, 0.15) is 5.82 Å². The third kappa shape index (κ3) is 4.20. The van der Waals surface area contributed by atoms with Gasteiger partial charge in [0.25, 0.3) is 0 Å². The number of anilines is 1. The molecule has 0 spiro atoms. The van der Waals surface area contributed by atoms with E-state index in [9.17, 15) is 17.9 Å². The van der Waals surface area contributed by atoms with Gasteiger partial charge >= 0.3 is 0 Å². The summed E-state index contributed by atoms with van der Waals surface area (Å²) in [5.74, 6) is -2.07. The van der Waals surface area contributed by atoms with E-state index in [0.717, 1.165) is 12.1 Å². The van der Waals surface area contributed by atoms with Crippen molar-refractivity contribution in [3.8, 4) is 5.75 Å². The summed E-state index contributed by atoms with van der Waals surface area (Å²) >= 11 is 11.3. The highest BCUT2D eigenvalue weighted by molar-refractivity contribution is 7.91. The lowest BCUT2D eigenvalue weighted by molar-refractivity contribution is 0.475. The van der Waals surface area contributed by atoms with Gasteiger partial charge in [-0.2, -0.15) is 0 Å². The number of rotatable bonds is 4. The predicted octanol–water partition coefficient (Wildman–Crippen LogP) is 3.18. The highest BCUT2D eigenvalue weighted by Gasteiger charge is 2.17. The molecule has 0 radical (unpaired) electrons. The third-order valence-corrected chi connectivity index (χ3v) is 4.08. The topological polar surface area (TPSA) is 79.3 Å². The Labute approximate surface area is 130 Å². The average molecular weight is 351 g/mol. The van der Waals surface area contributed by atoms with Crippen molar-refractivity contribution in [1.82, 2.24) is 4.98 Å². The van der Waals surface area contributed by atoms with E-state index < -0.39 is 27.3 Å². The Bertz CT molecular complexity index is 784. The van der Waals surface area contributed by atoms with E-state index in [2.05, 4.69) is 9.71 Å². The maximum Gasteiger partial charge on any atom is 0.238 e. The molecule has 0 unspecified atom stereocenters. The van der Waals surface area contributed by atoms with Crippen LogP contribution in [-0.2, 0) is 15.8 Å². The van der Waals surface area contributed by atoms with E-state index >= 15 is 0 Å². The van der Waals surface area contributed by atoms with Crippen molar-refractivity contribution in [3.63, 3.8) is 0 Å². The second kappa shape index (κ2) is 6.05. The van der Waals surface area contributed by atoms with E-state index in [1.807, 2.05) is 0 Å². The first-order valence-electron chi connectivity index (χ1n) is 5.56. The number of pyridine rings is 1. The fourth-order valence-electron chi connectivity index (χ4n) is 1.55. The minimum absolute atomic E-state index is 0.0940.